The Morgan fingerprint density at radius 1 is 1.25 bits per heavy atom. The van der Waals surface area contributed by atoms with Gasteiger partial charge in [0, 0.05) is 12.6 Å². The Balaban J connectivity index is 1.84. The van der Waals surface area contributed by atoms with E-state index in [9.17, 15) is 0 Å². The molecule has 0 spiro atoms. The van der Waals surface area contributed by atoms with E-state index < -0.39 is 0 Å². The van der Waals surface area contributed by atoms with Gasteiger partial charge in [-0.1, -0.05) is 32.9 Å². The highest BCUT2D eigenvalue weighted by molar-refractivity contribution is 5.28. The molecule has 1 aliphatic rings. The summed E-state index contributed by atoms with van der Waals surface area (Å²) in [5.74, 6) is 2.68. The zero-order valence-electron chi connectivity index (χ0n) is 13.2. The van der Waals surface area contributed by atoms with Crippen molar-refractivity contribution in [2.75, 3.05) is 6.61 Å². The number of rotatable bonds is 6. The molecule has 20 heavy (non-hydrogen) atoms. The van der Waals surface area contributed by atoms with Gasteiger partial charge < -0.3 is 10.1 Å². The van der Waals surface area contributed by atoms with Crippen LogP contribution in [0.3, 0.4) is 0 Å². The molecule has 2 nitrogen and oxygen atoms in total. The van der Waals surface area contributed by atoms with Crippen LogP contribution in [0.1, 0.15) is 52.0 Å². The molecule has 1 aromatic carbocycles. The highest BCUT2D eigenvalue weighted by atomic mass is 16.5. The number of hydrogen-bond donors (Lipinski definition) is 1. The Kier molecular flexibility index (Phi) is 5.90. The summed E-state index contributed by atoms with van der Waals surface area (Å²) >= 11 is 0. The Morgan fingerprint density at radius 3 is 2.85 bits per heavy atom. The van der Waals surface area contributed by atoms with Crippen molar-refractivity contribution < 1.29 is 4.74 Å². The third kappa shape index (κ3) is 4.52. The highest BCUT2D eigenvalue weighted by Gasteiger charge is 2.24. The maximum Gasteiger partial charge on any atom is 0.119 e. The lowest BCUT2D eigenvalue weighted by atomic mass is 9.80. The van der Waals surface area contributed by atoms with Crippen LogP contribution < -0.4 is 10.1 Å². The van der Waals surface area contributed by atoms with Crippen molar-refractivity contribution in [1.82, 2.24) is 5.32 Å². The maximum absolute atomic E-state index is 5.70. The molecule has 2 rings (SSSR count). The first-order chi connectivity index (χ1) is 9.69. The molecule has 0 saturated heterocycles. The molecule has 0 bridgehead atoms. The van der Waals surface area contributed by atoms with Crippen LogP contribution >= 0.6 is 0 Å². The van der Waals surface area contributed by atoms with E-state index in [1.54, 1.807) is 0 Å². The normalized spacial score (nSPS) is 26.4. The van der Waals surface area contributed by atoms with Gasteiger partial charge in [-0.2, -0.15) is 0 Å². The lowest BCUT2D eigenvalue weighted by molar-refractivity contribution is 0.227. The topological polar surface area (TPSA) is 21.3 Å². The molecule has 1 N–H and O–H groups in total. The highest BCUT2D eigenvalue weighted by Crippen LogP contribution is 2.28. The number of hydrogen-bond acceptors (Lipinski definition) is 2. The van der Waals surface area contributed by atoms with Gasteiger partial charge >= 0.3 is 0 Å². The second kappa shape index (κ2) is 7.68. The summed E-state index contributed by atoms with van der Waals surface area (Å²) in [6.07, 6.45) is 5.09. The fraction of sp³-hybridized carbons (Fsp3) is 0.667. The molecule has 1 aromatic rings. The summed E-state index contributed by atoms with van der Waals surface area (Å²) in [6, 6.07) is 9.16. The van der Waals surface area contributed by atoms with E-state index in [4.69, 9.17) is 4.74 Å². The summed E-state index contributed by atoms with van der Waals surface area (Å²) in [5.41, 5.74) is 1.32. The molecule has 0 heterocycles. The lowest BCUT2D eigenvalue weighted by Gasteiger charge is -2.33. The summed E-state index contributed by atoms with van der Waals surface area (Å²) in [4.78, 5) is 0. The van der Waals surface area contributed by atoms with Gasteiger partial charge in [-0.3, -0.25) is 0 Å². The average molecular weight is 275 g/mol. The smallest absolute Gasteiger partial charge is 0.119 e. The Bertz CT molecular complexity index is 404. The number of ether oxygens (including phenoxy) is 1. The Labute approximate surface area is 123 Å². The Morgan fingerprint density at radius 2 is 2.10 bits per heavy atom. The minimum Gasteiger partial charge on any atom is -0.494 e. The third-order valence-electron chi connectivity index (χ3n) is 4.37. The minimum atomic E-state index is 0.673. The SMILES string of the molecule is CCCOc1cccc(CNC2CCC(C)CC2C)c1. The first-order valence-electron chi connectivity index (χ1n) is 8.14. The predicted molar refractivity (Wildman–Crippen MR) is 85.0 cm³/mol. The van der Waals surface area contributed by atoms with Crippen molar-refractivity contribution in [3.05, 3.63) is 29.8 Å². The average Bonchev–Trinajstić information content (AvgIpc) is 2.45. The van der Waals surface area contributed by atoms with Crippen molar-refractivity contribution in [1.29, 1.82) is 0 Å². The zero-order valence-corrected chi connectivity index (χ0v) is 13.2. The molecule has 1 fully saturated rings. The van der Waals surface area contributed by atoms with Crippen molar-refractivity contribution in [3.63, 3.8) is 0 Å². The van der Waals surface area contributed by atoms with Gasteiger partial charge in [-0.25, -0.2) is 0 Å². The number of nitrogens with one attached hydrogen (secondary N) is 1. The molecule has 112 valence electrons. The molecule has 0 aromatic heterocycles. The first-order valence-corrected chi connectivity index (χ1v) is 8.14. The van der Waals surface area contributed by atoms with Crippen molar-refractivity contribution in [2.45, 2.75) is 59.0 Å². The van der Waals surface area contributed by atoms with Crippen LogP contribution in [0.2, 0.25) is 0 Å². The van der Waals surface area contributed by atoms with Crippen LogP contribution in [-0.2, 0) is 6.54 Å². The van der Waals surface area contributed by atoms with E-state index in [0.717, 1.165) is 37.2 Å². The number of benzene rings is 1. The fourth-order valence-electron chi connectivity index (χ4n) is 3.18. The molecule has 3 unspecified atom stereocenters. The second-order valence-electron chi connectivity index (χ2n) is 6.38. The van der Waals surface area contributed by atoms with Crippen molar-refractivity contribution in [2.24, 2.45) is 11.8 Å². The molecule has 1 aliphatic carbocycles. The summed E-state index contributed by atoms with van der Waals surface area (Å²) in [5, 5.41) is 3.74. The molecule has 3 atom stereocenters. The molecule has 2 heteroatoms. The van der Waals surface area contributed by atoms with Crippen molar-refractivity contribution >= 4 is 0 Å². The maximum atomic E-state index is 5.70. The largest absolute Gasteiger partial charge is 0.494 e. The Hall–Kier alpha value is -1.02. The monoisotopic (exact) mass is 275 g/mol. The van der Waals surface area contributed by atoms with Crippen LogP contribution in [0.4, 0.5) is 0 Å². The summed E-state index contributed by atoms with van der Waals surface area (Å²) in [7, 11) is 0. The van der Waals surface area contributed by atoms with E-state index in [1.165, 1.54) is 24.8 Å². The quantitative estimate of drug-likeness (QED) is 0.831. The van der Waals surface area contributed by atoms with Gasteiger partial charge in [0.25, 0.3) is 0 Å². The molecule has 0 amide bonds. The van der Waals surface area contributed by atoms with E-state index in [2.05, 4.69) is 44.3 Å². The van der Waals surface area contributed by atoms with Crippen molar-refractivity contribution in [3.8, 4) is 5.75 Å². The first kappa shape index (κ1) is 15.4. The molecular weight excluding hydrogens is 246 g/mol. The third-order valence-corrected chi connectivity index (χ3v) is 4.37. The second-order valence-corrected chi connectivity index (χ2v) is 6.38. The van der Waals surface area contributed by atoms with E-state index in [1.807, 2.05) is 6.07 Å². The lowest BCUT2D eigenvalue weighted by Crippen LogP contribution is -2.38. The minimum absolute atomic E-state index is 0.673. The van der Waals surface area contributed by atoms with Gasteiger partial charge in [0.2, 0.25) is 0 Å². The van der Waals surface area contributed by atoms with Crippen LogP contribution in [-0.4, -0.2) is 12.6 Å². The van der Waals surface area contributed by atoms with Gasteiger partial charge in [-0.15, -0.1) is 0 Å². The molecular formula is C18H29NO. The standard InChI is InChI=1S/C18H29NO/c1-4-10-20-17-7-5-6-16(12-17)13-19-18-9-8-14(2)11-15(18)3/h5-7,12,14-15,18-19H,4,8-11,13H2,1-3H3. The van der Waals surface area contributed by atoms with E-state index >= 15 is 0 Å². The van der Waals surface area contributed by atoms with E-state index in [-0.39, 0.29) is 0 Å². The van der Waals surface area contributed by atoms with Gasteiger partial charge in [0.05, 0.1) is 6.61 Å². The van der Waals surface area contributed by atoms with Crippen LogP contribution in [0.5, 0.6) is 5.75 Å². The molecule has 0 aliphatic heterocycles. The van der Waals surface area contributed by atoms with Crippen LogP contribution in [0, 0.1) is 11.8 Å². The van der Waals surface area contributed by atoms with Gasteiger partial charge in [0.1, 0.15) is 5.75 Å². The summed E-state index contributed by atoms with van der Waals surface area (Å²) < 4.78 is 5.70. The van der Waals surface area contributed by atoms with Crippen LogP contribution in [0.15, 0.2) is 24.3 Å². The fourth-order valence-corrected chi connectivity index (χ4v) is 3.18. The molecule has 0 radical (unpaired) electrons. The molecule has 1 saturated carbocycles. The van der Waals surface area contributed by atoms with Crippen LogP contribution in [0.25, 0.3) is 0 Å². The zero-order chi connectivity index (χ0) is 14.4. The summed E-state index contributed by atoms with van der Waals surface area (Å²) in [6.45, 7) is 8.65. The van der Waals surface area contributed by atoms with E-state index in [0.29, 0.717) is 6.04 Å². The predicted octanol–water partition coefficient (Wildman–Crippen LogP) is 4.39. The van der Waals surface area contributed by atoms with Gasteiger partial charge in [0.15, 0.2) is 0 Å². The van der Waals surface area contributed by atoms with Gasteiger partial charge in [-0.05, 0) is 55.2 Å².